The molecular formula is C16H24N2O3. The quantitative estimate of drug-likeness (QED) is 0.645. The maximum Gasteiger partial charge on any atom is 0.272 e. The van der Waals surface area contributed by atoms with E-state index >= 15 is 0 Å². The van der Waals surface area contributed by atoms with E-state index in [2.05, 4.69) is 5.32 Å². The fraction of sp³-hybridized carbons (Fsp3) is 0.625. The number of benzene rings is 1. The molecule has 0 aliphatic heterocycles. The number of nitro benzene ring substituents is 1. The van der Waals surface area contributed by atoms with Crippen LogP contribution in [0.2, 0.25) is 0 Å². The summed E-state index contributed by atoms with van der Waals surface area (Å²) in [6, 6.07) is 5.29. The molecule has 1 fully saturated rings. The summed E-state index contributed by atoms with van der Waals surface area (Å²) < 4.78 is 0. The smallest absolute Gasteiger partial charge is 0.272 e. The topological polar surface area (TPSA) is 75.4 Å². The average molecular weight is 292 g/mol. The van der Waals surface area contributed by atoms with Gasteiger partial charge in [0.05, 0.1) is 10.5 Å². The van der Waals surface area contributed by atoms with Crippen molar-refractivity contribution in [1.82, 2.24) is 5.32 Å². The summed E-state index contributed by atoms with van der Waals surface area (Å²) in [5, 5.41) is 24.8. The first kappa shape index (κ1) is 15.9. The molecule has 0 bridgehead atoms. The summed E-state index contributed by atoms with van der Waals surface area (Å²) in [4.78, 5) is 10.7. The van der Waals surface area contributed by atoms with Crippen molar-refractivity contribution in [2.45, 2.75) is 57.6 Å². The lowest BCUT2D eigenvalue weighted by Gasteiger charge is -2.33. The highest BCUT2D eigenvalue weighted by Crippen LogP contribution is 2.28. The molecule has 1 unspecified atom stereocenters. The van der Waals surface area contributed by atoms with Gasteiger partial charge in [-0.2, -0.15) is 0 Å². The Balaban J connectivity index is 2.01. The summed E-state index contributed by atoms with van der Waals surface area (Å²) in [6.45, 7) is 4.25. The Kier molecular flexibility index (Phi) is 4.96. The Morgan fingerprint density at radius 1 is 1.38 bits per heavy atom. The van der Waals surface area contributed by atoms with Gasteiger partial charge in [0, 0.05) is 24.2 Å². The monoisotopic (exact) mass is 292 g/mol. The largest absolute Gasteiger partial charge is 0.389 e. The van der Waals surface area contributed by atoms with Crippen LogP contribution in [0.15, 0.2) is 18.2 Å². The van der Waals surface area contributed by atoms with Crippen molar-refractivity contribution in [2.75, 3.05) is 6.54 Å². The molecule has 0 amide bonds. The number of hydrogen-bond donors (Lipinski definition) is 2. The minimum atomic E-state index is -0.622. The molecular weight excluding hydrogens is 268 g/mol. The standard InChI is InChI=1S/C16H24N2O3/c1-12-6-7-14(10-15(12)18(20)21)13(2)17-11-16(19)8-4-3-5-9-16/h6-7,10,13,17,19H,3-5,8-9,11H2,1-2H3. The number of aliphatic hydroxyl groups is 1. The normalized spacial score (nSPS) is 19.2. The number of rotatable bonds is 5. The van der Waals surface area contributed by atoms with Gasteiger partial charge in [-0.3, -0.25) is 10.1 Å². The number of nitro groups is 1. The molecule has 2 rings (SSSR count). The van der Waals surface area contributed by atoms with Gasteiger partial charge in [0.15, 0.2) is 0 Å². The van der Waals surface area contributed by atoms with Gasteiger partial charge in [0.2, 0.25) is 0 Å². The van der Waals surface area contributed by atoms with E-state index in [4.69, 9.17) is 0 Å². The third kappa shape index (κ3) is 4.02. The second-order valence-corrected chi connectivity index (χ2v) is 6.19. The molecule has 116 valence electrons. The van der Waals surface area contributed by atoms with Gasteiger partial charge in [-0.05, 0) is 32.3 Å². The van der Waals surface area contributed by atoms with E-state index in [1.54, 1.807) is 19.1 Å². The van der Waals surface area contributed by atoms with E-state index in [9.17, 15) is 15.2 Å². The van der Waals surface area contributed by atoms with Crippen LogP contribution in [-0.2, 0) is 0 Å². The van der Waals surface area contributed by atoms with E-state index in [0.717, 1.165) is 31.2 Å². The Hall–Kier alpha value is -1.46. The van der Waals surface area contributed by atoms with Crippen LogP contribution in [0, 0.1) is 17.0 Å². The maximum atomic E-state index is 11.0. The summed E-state index contributed by atoms with van der Waals surface area (Å²) in [7, 11) is 0. The van der Waals surface area contributed by atoms with E-state index in [1.807, 2.05) is 13.0 Å². The number of nitrogens with one attached hydrogen (secondary N) is 1. The molecule has 1 aromatic rings. The van der Waals surface area contributed by atoms with Gasteiger partial charge < -0.3 is 10.4 Å². The van der Waals surface area contributed by atoms with Crippen molar-refractivity contribution in [3.05, 3.63) is 39.4 Å². The molecule has 1 aliphatic rings. The molecule has 0 saturated heterocycles. The van der Waals surface area contributed by atoms with Gasteiger partial charge in [0.25, 0.3) is 5.69 Å². The van der Waals surface area contributed by atoms with E-state index in [1.165, 1.54) is 6.42 Å². The van der Waals surface area contributed by atoms with Crippen LogP contribution in [0.1, 0.15) is 56.2 Å². The first-order valence-corrected chi connectivity index (χ1v) is 7.62. The lowest BCUT2D eigenvalue weighted by molar-refractivity contribution is -0.385. The van der Waals surface area contributed by atoms with E-state index in [0.29, 0.717) is 12.1 Å². The van der Waals surface area contributed by atoms with Gasteiger partial charge in [-0.25, -0.2) is 0 Å². The molecule has 0 spiro atoms. The lowest BCUT2D eigenvalue weighted by Crippen LogP contribution is -2.42. The summed E-state index contributed by atoms with van der Waals surface area (Å²) in [6.07, 6.45) is 5.01. The molecule has 1 aromatic carbocycles. The summed E-state index contributed by atoms with van der Waals surface area (Å²) in [5.41, 5.74) is 1.08. The second kappa shape index (κ2) is 6.54. The van der Waals surface area contributed by atoms with Crippen LogP contribution in [0.25, 0.3) is 0 Å². The van der Waals surface area contributed by atoms with Crippen molar-refractivity contribution in [2.24, 2.45) is 0 Å². The molecule has 0 heterocycles. The van der Waals surface area contributed by atoms with Gasteiger partial charge >= 0.3 is 0 Å². The van der Waals surface area contributed by atoms with Gasteiger partial charge in [-0.1, -0.05) is 31.4 Å². The maximum absolute atomic E-state index is 11.0. The van der Waals surface area contributed by atoms with E-state index in [-0.39, 0.29) is 16.7 Å². The molecule has 1 aliphatic carbocycles. The second-order valence-electron chi connectivity index (χ2n) is 6.19. The Morgan fingerprint density at radius 3 is 2.67 bits per heavy atom. The Labute approximate surface area is 125 Å². The zero-order valence-electron chi connectivity index (χ0n) is 12.8. The number of nitrogens with zero attached hydrogens (tertiary/aromatic N) is 1. The van der Waals surface area contributed by atoms with Crippen LogP contribution in [-0.4, -0.2) is 22.2 Å². The van der Waals surface area contributed by atoms with Crippen LogP contribution < -0.4 is 5.32 Å². The minimum absolute atomic E-state index is 0.0183. The van der Waals surface area contributed by atoms with Gasteiger partial charge in [0.1, 0.15) is 0 Å². The number of aryl methyl sites for hydroxylation is 1. The van der Waals surface area contributed by atoms with Crippen molar-refractivity contribution < 1.29 is 10.0 Å². The molecule has 5 nitrogen and oxygen atoms in total. The van der Waals surface area contributed by atoms with Gasteiger partial charge in [-0.15, -0.1) is 0 Å². The highest BCUT2D eigenvalue weighted by molar-refractivity contribution is 5.43. The SMILES string of the molecule is Cc1ccc(C(C)NCC2(O)CCCCC2)cc1[N+](=O)[O-]. The van der Waals surface area contributed by atoms with Crippen molar-refractivity contribution in [3.8, 4) is 0 Å². The highest BCUT2D eigenvalue weighted by Gasteiger charge is 2.29. The number of hydrogen-bond acceptors (Lipinski definition) is 4. The molecule has 1 saturated carbocycles. The van der Waals surface area contributed by atoms with Crippen LogP contribution in [0.5, 0.6) is 0 Å². The molecule has 2 N–H and O–H groups in total. The van der Waals surface area contributed by atoms with Crippen LogP contribution >= 0.6 is 0 Å². The lowest BCUT2D eigenvalue weighted by atomic mass is 9.84. The van der Waals surface area contributed by atoms with Crippen molar-refractivity contribution in [1.29, 1.82) is 0 Å². The molecule has 1 atom stereocenters. The molecule has 0 aromatic heterocycles. The summed E-state index contributed by atoms with van der Waals surface area (Å²) in [5.74, 6) is 0. The van der Waals surface area contributed by atoms with E-state index < -0.39 is 5.60 Å². The van der Waals surface area contributed by atoms with Crippen molar-refractivity contribution >= 4 is 5.69 Å². The third-order valence-electron chi connectivity index (χ3n) is 4.45. The first-order chi connectivity index (χ1) is 9.91. The fourth-order valence-electron chi connectivity index (χ4n) is 2.94. The highest BCUT2D eigenvalue weighted by atomic mass is 16.6. The first-order valence-electron chi connectivity index (χ1n) is 7.62. The van der Waals surface area contributed by atoms with Crippen molar-refractivity contribution in [3.63, 3.8) is 0 Å². The molecule has 21 heavy (non-hydrogen) atoms. The summed E-state index contributed by atoms with van der Waals surface area (Å²) >= 11 is 0. The molecule has 5 heteroatoms. The average Bonchev–Trinajstić information content (AvgIpc) is 2.46. The zero-order valence-corrected chi connectivity index (χ0v) is 12.8. The molecule has 0 radical (unpaired) electrons. The Bertz CT molecular complexity index is 510. The predicted molar refractivity (Wildman–Crippen MR) is 82.3 cm³/mol. The zero-order chi connectivity index (χ0) is 15.5. The third-order valence-corrected chi connectivity index (χ3v) is 4.45. The Morgan fingerprint density at radius 2 is 2.05 bits per heavy atom. The minimum Gasteiger partial charge on any atom is -0.389 e. The predicted octanol–water partition coefficient (Wildman–Crippen LogP) is 3.25. The fourth-order valence-corrected chi connectivity index (χ4v) is 2.94. The van der Waals surface area contributed by atoms with Crippen LogP contribution in [0.3, 0.4) is 0 Å². The van der Waals surface area contributed by atoms with Crippen LogP contribution in [0.4, 0.5) is 5.69 Å².